The summed E-state index contributed by atoms with van der Waals surface area (Å²) in [5.74, 6) is 0.323. The van der Waals surface area contributed by atoms with Crippen LogP contribution in [0.25, 0.3) is 0 Å². The second-order valence-electron chi connectivity index (χ2n) is 2.85. The lowest BCUT2D eigenvalue weighted by atomic mass is 10.2. The SMILES string of the molecule is CCN(CC(C)CN)C(=O)OC. The molecule has 0 aromatic carbocycles. The fourth-order valence-corrected chi connectivity index (χ4v) is 0.913. The number of hydrogen-bond donors (Lipinski definition) is 1. The van der Waals surface area contributed by atoms with Crippen molar-refractivity contribution < 1.29 is 9.53 Å². The molecule has 72 valence electrons. The molecule has 4 nitrogen and oxygen atoms in total. The van der Waals surface area contributed by atoms with Crippen LogP contribution in [0.3, 0.4) is 0 Å². The molecule has 0 heterocycles. The Labute approximate surface area is 73.7 Å². The highest BCUT2D eigenvalue weighted by Crippen LogP contribution is 1.99. The Balaban J connectivity index is 3.90. The van der Waals surface area contributed by atoms with Gasteiger partial charge in [-0.15, -0.1) is 0 Å². The van der Waals surface area contributed by atoms with Gasteiger partial charge < -0.3 is 15.4 Å². The van der Waals surface area contributed by atoms with Gasteiger partial charge in [0.2, 0.25) is 0 Å². The van der Waals surface area contributed by atoms with E-state index in [9.17, 15) is 4.79 Å². The van der Waals surface area contributed by atoms with Crippen molar-refractivity contribution in [2.75, 3.05) is 26.7 Å². The number of rotatable bonds is 4. The third-order valence-corrected chi connectivity index (χ3v) is 1.75. The molecule has 12 heavy (non-hydrogen) atoms. The summed E-state index contributed by atoms with van der Waals surface area (Å²) in [7, 11) is 1.39. The smallest absolute Gasteiger partial charge is 0.409 e. The minimum atomic E-state index is -0.280. The number of carbonyl (C=O) groups excluding carboxylic acids is 1. The molecule has 1 atom stereocenters. The summed E-state index contributed by atoms with van der Waals surface area (Å²) in [5, 5.41) is 0. The van der Waals surface area contributed by atoms with Gasteiger partial charge in [-0.2, -0.15) is 0 Å². The molecular weight excluding hydrogens is 156 g/mol. The minimum Gasteiger partial charge on any atom is -0.453 e. The van der Waals surface area contributed by atoms with Gasteiger partial charge in [-0.25, -0.2) is 4.79 Å². The van der Waals surface area contributed by atoms with E-state index in [1.165, 1.54) is 7.11 Å². The van der Waals surface area contributed by atoms with Crippen LogP contribution in [0.1, 0.15) is 13.8 Å². The molecule has 0 bridgehead atoms. The van der Waals surface area contributed by atoms with E-state index in [1.807, 2.05) is 13.8 Å². The summed E-state index contributed by atoms with van der Waals surface area (Å²) in [6.07, 6.45) is -0.280. The summed E-state index contributed by atoms with van der Waals surface area (Å²) in [6, 6.07) is 0. The highest BCUT2D eigenvalue weighted by Gasteiger charge is 2.13. The first-order chi connectivity index (χ1) is 5.65. The zero-order valence-corrected chi connectivity index (χ0v) is 8.04. The van der Waals surface area contributed by atoms with Crippen LogP contribution < -0.4 is 5.73 Å². The number of amides is 1. The average molecular weight is 174 g/mol. The van der Waals surface area contributed by atoms with E-state index < -0.39 is 0 Å². The third kappa shape index (κ3) is 3.57. The van der Waals surface area contributed by atoms with E-state index in [1.54, 1.807) is 4.90 Å². The Morgan fingerprint density at radius 3 is 2.58 bits per heavy atom. The first-order valence-electron chi connectivity index (χ1n) is 4.18. The number of ether oxygens (including phenoxy) is 1. The van der Waals surface area contributed by atoms with Gasteiger partial charge in [0, 0.05) is 13.1 Å². The Kier molecular flexibility index (Phi) is 5.45. The van der Waals surface area contributed by atoms with Gasteiger partial charge in [0.25, 0.3) is 0 Å². The number of hydrogen-bond acceptors (Lipinski definition) is 3. The summed E-state index contributed by atoms with van der Waals surface area (Å²) >= 11 is 0. The molecule has 0 aliphatic heterocycles. The lowest BCUT2D eigenvalue weighted by Gasteiger charge is -2.22. The molecule has 0 aliphatic rings. The summed E-state index contributed by atoms with van der Waals surface area (Å²) in [5.41, 5.74) is 5.44. The minimum absolute atomic E-state index is 0.280. The molecular formula is C8H18N2O2. The van der Waals surface area contributed by atoms with Crippen LogP contribution in [0.4, 0.5) is 4.79 Å². The zero-order valence-electron chi connectivity index (χ0n) is 8.04. The Morgan fingerprint density at radius 1 is 1.67 bits per heavy atom. The molecule has 0 saturated heterocycles. The van der Waals surface area contributed by atoms with Crippen LogP contribution in [0.5, 0.6) is 0 Å². The van der Waals surface area contributed by atoms with Crippen molar-refractivity contribution in [1.82, 2.24) is 4.90 Å². The van der Waals surface area contributed by atoms with Crippen molar-refractivity contribution >= 4 is 6.09 Å². The highest BCUT2D eigenvalue weighted by molar-refractivity contribution is 5.67. The monoisotopic (exact) mass is 174 g/mol. The van der Waals surface area contributed by atoms with E-state index >= 15 is 0 Å². The lowest BCUT2D eigenvalue weighted by molar-refractivity contribution is 0.120. The van der Waals surface area contributed by atoms with Gasteiger partial charge in [0.15, 0.2) is 0 Å². The quantitative estimate of drug-likeness (QED) is 0.681. The largest absolute Gasteiger partial charge is 0.453 e. The van der Waals surface area contributed by atoms with Gasteiger partial charge in [-0.3, -0.25) is 0 Å². The third-order valence-electron chi connectivity index (χ3n) is 1.75. The summed E-state index contributed by atoms with van der Waals surface area (Å²) in [6.45, 7) is 5.84. The second kappa shape index (κ2) is 5.83. The first kappa shape index (κ1) is 11.2. The first-order valence-corrected chi connectivity index (χ1v) is 4.18. The fraction of sp³-hybridized carbons (Fsp3) is 0.875. The number of methoxy groups -OCH3 is 1. The van der Waals surface area contributed by atoms with Crippen molar-refractivity contribution in [1.29, 1.82) is 0 Å². The predicted molar refractivity (Wildman–Crippen MR) is 47.9 cm³/mol. The van der Waals surface area contributed by atoms with Gasteiger partial charge >= 0.3 is 6.09 Å². The van der Waals surface area contributed by atoms with E-state index in [0.717, 1.165) is 0 Å². The Morgan fingerprint density at radius 2 is 2.25 bits per heavy atom. The van der Waals surface area contributed by atoms with Gasteiger partial charge in [-0.05, 0) is 19.4 Å². The van der Waals surface area contributed by atoms with Crippen LogP contribution in [0.2, 0.25) is 0 Å². The molecule has 0 spiro atoms. The summed E-state index contributed by atoms with van der Waals surface area (Å²) < 4.78 is 4.59. The molecule has 0 aromatic rings. The molecule has 0 radical (unpaired) electrons. The molecule has 1 unspecified atom stereocenters. The molecule has 1 amide bonds. The second-order valence-corrected chi connectivity index (χ2v) is 2.85. The van der Waals surface area contributed by atoms with Crippen molar-refractivity contribution in [3.63, 3.8) is 0 Å². The van der Waals surface area contributed by atoms with Crippen LogP contribution in [0.15, 0.2) is 0 Å². The van der Waals surface area contributed by atoms with Crippen molar-refractivity contribution in [3.8, 4) is 0 Å². The number of nitrogens with zero attached hydrogens (tertiary/aromatic N) is 1. The highest BCUT2D eigenvalue weighted by atomic mass is 16.5. The Bertz CT molecular complexity index is 139. The van der Waals surface area contributed by atoms with Crippen LogP contribution in [-0.4, -0.2) is 37.7 Å². The molecule has 0 rings (SSSR count). The summed E-state index contributed by atoms with van der Waals surface area (Å²) in [4.78, 5) is 12.7. The van der Waals surface area contributed by atoms with E-state index in [2.05, 4.69) is 4.74 Å². The van der Waals surface area contributed by atoms with Crippen molar-refractivity contribution in [2.24, 2.45) is 11.7 Å². The van der Waals surface area contributed by atoms with Crippen LogP contribution in [0, 0.1) is 5.92 Å². The lowest BCUT2D eigenvalue weighted by Crippen LogP contribution is -2.36. The maximum Gasteiger partial charge on any atom is 0.409 e. The van der Waals surface area contributed by atoms with Gasteiger partial charge in [-0.1, -0.05) is 6.92 Å². The molecule has 4 heteroatoms. The number of carbonyl (C=O) groups is 1. The standard InChI is InChI=1S/C8H18N2O2/c1-4-10(8(11)12-3)6-7(2)5-9/h7H,4-6,9H2,1-3H3. The molecule has 2 N–H and O–H groups in total. The van der Waals surface area contributed by atoms with Gasteiger partial charge in [0.1, 0.15) is 0 Å². The maximum atomic E-state index is 11.1. The van der Waals surface area contributed by atoms with E-state index in [4.69, 9.17) is 5.73 Å². The average Bonchev–Trinajstić information content (AvgIpc) is 2.12. The predicted octanol–water partition coefficient (Wildman–Crippen LogP) is 0.670. The zero-order chi connectivity index (χ0) is 9.56. The normalized spacial score (nSPS) is 12.3. The van der Waals surface area contributed by atoms with Crippen molar-refractivity contribution in [2.45, 2.75) is 13.8 Å². The maximum absolute atomic E-state index is 11.1. The Hall–Kier alpha value is -0.770. The molecule has 0 saturated carbocycles. The van der Waals surface area contributed by atoms with Crippen molar-refractivity contribution in [3.05, 3.63) is 0 Å². The van der Waals surface area contributed by atoms with Crippen LogP contribution >= 0.6 is 0 Å². The van der Waals surface area contributed by atoms with E-state index in [0.29, 0.717) is 25.6 Å². The number of nitrogens with two attached hydrogens (primary N) is 1. The van der Waals surface area contributed by atoms with E-state index in [-0.39, 0.29) is 6.09 Å². The molecule has 0 fully saturated rings. The molecule has 0 aliphatic carbocycles. The van der Waals surface area contributed by atoms with Gasteiger partial charge in [0.05, 0.1) is 7.11 Å². The molecule has 0 aromatic heterocycles. The fourth-order valence-electron chi connectivity index (χ4n) is 0.913. The topological polar surface area (TPSA) is 55.6 Å². The van der Waals surface area contributed by atoms with Crippen LogP contribution in [-0.2, 0) is 4.74 Å².